The lowest BCUT2D eigenvalue weighted by atomic mass is 10.1. The van der Waals surface area contributed by atoms with Crippen molar-refractivity contribution in [2.45, 2.75) is 69.1 Å². The first kappa shape index (κ1) is 16.6. The van der Waals surface area contributed by atoms with E-state index in [1.54, 1.807) is 0 Å². The van der Waals surface area contributed by atoms with E-state index in [-0.39, 0.29) is 16.8 Å². The van der Waals surface area contributed by atoms with Crippen molar-refractivity contribution >= 4 is 17.8 Å². The second kappa shape index (κ2) is 7.11. The van der Waals surface area contributed by atoms with Gasteiger partial charge in [-0.25, -0.2) is 4.79 Å². The number of aromatic nitrogens is 2. The summed E-state index contributed by atoms with van der Waals surface area (Å²) in [6.45, 7) is 4.77. The molecule has 1 saturated heterocycles. The average molecular weight is 338 g/mol. The van der Waals surface area contributed by atoms with Crippen LogP contribution in [0.3, 0.4) is 0 Å². The number of hydrogen-bond donors (Lipinski definition) is 2. The van der Waals surface area contributed by atoms with Crippen molar-refractivity contribution in [3.8, 4) is 0 Å². The molecule has 1 aliphatic heterocycles. The normalized spacial score (nSPS) is 26.3. The van der Waals surface area contributed by atoms with Crippen molar-refractivity contribution in [3.63, 3.8) is 0 Å². The van der Waals surface area contributed by atoms with Crippen LogP contribution < -0.4 is 10.6 Å². The molecule has 0 spiro atoms. The molecule has 0 unspecified atom stereocenters. The molecule has 1 aromatic heterocycles. The van der Waals surface area contributed by atoms with E-state index in [0.717, 1.165) is 25.1 Å². The number of amides is 2. The van der Waals surface area contributed by atoms with Crippen molar-refractivity contribution in [1.82, 2.24) is 20.8 Å². The molecular weight excluding hydrogens is 312 g/mol. The SMILES string of the molecule is C[C@H](NC(=O)NC[C@]1(C)CCCS1)c1nc(C2CCCC2)no1. The van der Waals surface area contributed by atoms with Crippen LogP contribution in [-0.4, -0.2) is 33.2 Å². The monoisotopic (exact) mass is 338 g/mol. The second-order valence-electron chi connectivity index (χ2n) is 6.92. The number of thioether (sulfide) groups is 1. The van der Waals surface area contributed by atoms with Crippen LogP contribution in [-0.2, 0) is 0 Å². The van der Waals surface area contributed by atoms with Gasteiger partial charge < -0.3 is 15.2 Å². The Hall–Kier alpha value is -1.24. The molecule has 0 radical (unpaired) electrons. The highest BCUT2D eigenvalue weighted by Crippen LogP contribution is 2.37. The third-order valence-electron chi connectivity index (χ3n) is 4.82. The molecule has 23 heavy (non-hydrogen) atoms. The first-order valence-electron chi connectivity index (χ1n) is 8.57. The fraction of sp³-hybridized carbons (Fsp3) is 0.812. The number of hydrogen-bond acceptors (Lipinski definition) is 5. The Kier molecular flexibility index (Phi) is 5.14. The van der Waals surface area contributed by atoms with E-state index in [0.29, 0.717) is 18.4 Å². The van der Waals surface area contributed by atoms with Crippen molar-refractivity contribution in [1.29, 1.82) is 0 Å². The highest BCUT2D eigenvalue weighted by atomic mass is 32.2. The Balaban J connectivity index is 1.48. The average Bonchev–Trinajstić information content (AvgIpc) is 3.26. The minimum atomic E-state index is -0.276. The van der Waals surface area contributed by atoms with Crippen molar-refractivity contribution in [2.24, 2.45) is 0 Å². The summed E-state index contributed by atoms with van der Waals surface area (Å²) in [7, 11) is 0. The van der Waals surface area contributed by atoms with E-state index in [9.17, 15) is 4.79 Å². The molecule has 2 fully saturated rings. The minimum Gasteiger partial charge on any atom is -0.337 e. The standard InChI is InChI=1S/C16H26N4O2S/c1-11(14-19-13(20-22-14)12-6-3-4-7-12)18-15(21)17-10-16(2)8-5-9-23-16/h11-12H,3-10H2,1-2H3,(H2,17,18,21)/t11-,16-/m0/s1. The van der Waals surface area contributed by atoms with Crippen LogP contribution >= 0.6 is 11.8 Å². The van der Waals surface area contributed by atoms with Crippen molar-refractivity contribution < 1.29 is 9.32 Å². The van der Waals surface area contributed by atoms with Crippen LogP contribution in [0.25, 0.3) is 0 Å². The molecule has 0 aromatic carbocycles. The Morgan fingerprint density at radius 1 is 1.43 bits per heavy atom. The van der Waals surface area contributed by atoms with Gasteiger partial charge in [-0.3, -0.25) is 0 Å². The van der Waals surface area contributed by atoms with Crippen LogP contribution in [0.5, 0.6) is 0 Å². The fourth-order valence-electron chi connectivity index (χ4n) is 3.33. The molecule has 128 valence electrons. The zero-order valence-electron chi connectivity index (χ0n) is 13.9. The van der Waals surface area contributed by atoms with E-state index >= 15 is 0 Å². The smallest absolute Gasteiger partial charge is 0.315 e. The Morgan fingerprint density at radius 3 is 2.91 bits per heavy atom. The first-order valence-corrected chi connectivity index (χ1v) is 9.56. The Labute approximate surface area is 141 Å². The van der Waals surface area contributed by atoms with Gasteiger partial charge in [0.25, 0.3) is 0 Å². The molecule has 6 nitrogen and oxygen atoms in total. The summed E-state index contributed by atoms with van der Waals surface area (Å²) in [5.74, 6) is 2.89. The minimum absolute atomic E-state index is 0.167. The maximum absolute atomic E-state index is 12.1. The summed E-state index contributed by atoms with van der Waals surface area (Å²) >= 11 is 1.94. The number of carbonyl (C=O) groups excluding carboxylic acids is 1. The highest BCUT2D eigenvalue weighted by molar-refractivity contribution is 8.00. The Bertz CT molecular complexity index is 536. The third kappa shape index (κ3) is 4.19. The topological polar surface area (TPSA) is 80.0 Å². The number of nitrogens with one attached hydrogen (secondary N) is 2. The third-order valence-corrected chi connectivity index (χ3v) is 6.36. The number of nitrogens with zero attached hydrogens (tertiary/aromatic N) is 2. The second-order valence-corrected chi connectivity index (χ2v) is 8.61. The van der Waals surface area contributed by atoms with Crippen LogP contribution in [0.4, 0.5) is 4.79 Å². The quantitative estimate of drug-likeness (QED) is 0.860. The molecule has 7 heteroatoms. The van der Waals surface area contributed by atoms with E-state index in [2.05, 4.69) is 27.7 Å². The lowest BCUT2D eigenvalue weighted by Gasteiger charge is -2.23. The summed E-state index contributed by atoms with van der Waals surface area (Å²) in [6.07, 6.45) is 7.13. The molecular formula is C16H26N4O2S. The predicted molar refractivity (Wildman–Crippen MR) is 90.6 cm³/mol. The maximum atomic E-state index is 12.1. The summed E-state index contributed by atoms with van der Waals surface area (Å²) in [5.41, 5.74) is 0. The zero-order valence-corrected chi connectivity index (χ0v) is 14.7. The van der Waals surface area contributed by atoms with Gasteiger partial charge in [-0.1, -0.05) is 18.0 Å². The summed E-state index contributed by atoms with van der Waals surface area (Å²) < 4.78 is 5.50. The van der Waals surface area contributed by atoms with Gasteiger partial charge in [-0.05, 0) is 45.3 Å². The van der Waals surface area contributed by atoms with E-state index in [1.807, 2.05) is 18.7 Å². The largest absolute Gasteiger partial charge is 0.337 e. The number of carbonyl (C=O) groups is 1. The number of urea groups is 1. The summed E-state index contributed by atoms with van der Waals surface area (Å²) in [6, 6.07) is -0.450. The van der Waals surface area contributed by atoms with E-state index in [4.69, 9.17) is 4.52 Å². The highest BCUT2D eigenvalue weighted by Gasteiger charge is 2.30. The van der Waals surface area contributed by atoms with Gasteiger partial charge in [-0.15, -0.1) is 0 Å². The molecule has 2 atom stereocenters. The lowest BCUT2D eigenvalue weighted by Crippen LogP contribution is -2.43. The van der Waals surface area contributed by atoms with E-state index < -0.39 is 0 Å². The van der Waals surface area contributed by atoms with Gasteiger partial charge in [0.15, 0.2) is 5.82 Å². The van der Waals surface area contributed by atoms with Gasteiger partial charge in [0, 0.05) is 17.2 Å². The lowest BCUT2D eigenvalue weighted by molar-refractivity contribution is 0.233. The maximum Gasteiger partial charge on any atom is 0.315 e. The van der Waals surface area contributed by atoms with Crippen molar-refractivity contribution in [2.75, 3.05) is 12.3 Å². The van der Waals surface area contributed by atoms with Crippen LogP contribution in [0.2, 0.25) is 0 Å². The molecule has 1 aromatic rings. The summed E-state index contributed by atoms with van der Waals surface area (Å²) in [5, 5.41) is 9.94. The van der Waals surface area contributed by atoms with Gasteiger partial charge in [0.1, 0.15) is 6.04 Å². The van der Waals surface area contributed by atoms with Gasteiger partial charge in [0.05, 0.1) is 0 Å². The van der Waals surface area contributed by atoms with Gasteiger partial charge in [-0.2, -0.15) is 16.7 Å². The molecule has 2 aliphatic rings. The molecule has 0 bridgehead atoms. The van der Waals surface area contributed by atoms with Gasteiger partial charge >= 0.3 is 6.03 Å². The van der Waals surface area contributed by atoms with Crippen LogP contribution in [0.15, 0.2) is 4.52 Å². The van der Waals surface area contributed by atoms with Crippen LogP contribution in [0, 0.1) is 0 Å². The molecule has 1 aliphatic carbocycles. The van der Waals surface area contributed by atoms with E-state index in [1.165, 1.54) is 25.0 Å². The van der Waals surface area contributed by atoms with Crippen LogP contribution in [0.1, 0.15) is 76.0 Å². The summed E-state index contributed by atoms with van der Waals surface area (Å²) in [4.78, 5) is 16.5. The van der Waals surface area contributed by atoms with Crippen molar-refractivity contribution in [3.05, 3.63) is 11.7 Å². The zero-order chi connectivity index (χ0) is 16.3. The molecule has 2 N–H and O–H groups in total. The molecule has 2 heterocycles. The molecule has 1 saturated carbocycles. The molecule has 3 rings (SSSR count). The Morgan fingerprint density at radius 2 is 2.22 bits per heavy atom. The van der Waals surface area contributed by atoms with Gasteiger partial charge in [0.2, 0.25) is 5.89 Å². The fourth-order valence-corrected chi connectivity index (χ4v) is 4.57. The molecule has 2 amide bonds. The number of rotatable bonds is 5. The predicted octanol–water partition coefficient (Wildman–Crippen LogP) is 3.37. The first-order chi connectivity index (χ1) is 11.1.